The second-order valence-corrected chi connectivity index (χ2v) is 5.06. The summed E-state index contributed by atoms with van der Waals surface area (Å²) in [6, 6.07) is 5.85. The predicted molar refractivity (Wildman–Crippen MR) is 82.7 cm³/mol. The van der Waals surface area contributed by atoms with Crippen molar-refractivity contribution in [3.63, 3.8) is 0 Å². The number of allylic oxidation sites excluding steroid dienone is 1. The van der Waals surface area contributed by atoms with Gasteiger partial charge in [0.2, 0.25) is 6.79 Å². The SMILES string of the molecule is O=C(CCCC/C=C/c1ccc2c(c1)OCO2)OCCCO. The second kappa shape index (κ2) is 9.10. The average molecular weight is 306 g/mol. The van der Waals surface area contributed by atoms with Gasteiger partial charge in [-0.15, -0.1) is 0 Å². The van der Waals surface area contributed by atoms with Crippen LogP contribution in [0.15, 0.2) is 24.3 Å². The van der Waals surface area contributed by atoms with E-state index in [9.17, 15) is 4.79 Å². The van der Waals surface area contributed by atoms with Gasteiger partial charge >= 0.3 is 5.97 Å². The molecule has 0 aliphatic carbocycles. The van der Waals surface area contributed by atoms with Crippen LogP contribution in [0.1, 0.15) is 37.7 Å². The fraction of sp³-hybridized carbons (Fsp3) is 0.471. The normalized spacial score (nSPS) is 12.8. The van der Waals surface area contributed by atoms with Crippen molar-refractivity contribution in [3.05, 3.63) is 29.8 Å². The lowest BCUT2D eigenvalue weighted by Gasteiger charge is -2.02. The molecule has 22 heavy (non-hydrogen) atoms. The van der Waals surface area contributed by atoms with Gasteiger partial charge in [-0.1, -0.05) is 18.2 Å². The number of benzene rings is 1. The van der Waals surface area contributed by atoms with E-state index in [-0.39, 0.29) is 19.4 Å². The third kappa shape index (κ3) is 5.41. The van der Waals surface area contributed by atoms with Crippen LogP contribution >= 0.6 is 0 Å². The van der Waals surface area contributed by atoms with Crippen molar-refractivity contribution in [2.45, 2.75) is 32.1 Å². The first-order chi connectivity index (χ1) is 10.8. The standard InChI is InChI=1S/C17H22O5/c18-10-5-11-20-17(19)7-4-2-1-3-6-14-8-9-15-16(12-14)22-13-21-15/h3,6,8-9,12,18H,1-2,4-5,7,10-11,13H2/b6-3+. The summed E-state index contributed by atoms with van der Waals surface area (Å²) in [6.45, 7) is 0.647. The molecule has 0 fully saturated rings. The molecule has 2 rings (SSSR count). The molecule has 0 spiro atoms. The smallest absolute Gasteiger partial charge is 0.305 e. The molecular weight excluding hydrogens is 284 g/mol. The van der Waals surface area contributed by atoms with Crippen LogP contribution in [0.2, 0.25) is 0 Å². The molecule has 0 amide bonds. The van der Waals surface area contributed by atoms with E-state index in [1.54, 1.807) is 0 Å². The van der Waals surface area contributed by atoms with Crippen molar-refractivity contribution >= 4 is 12.0 Å². The Morgan fingerprint density at radius 2 is 2.09 bits per heavy atom. The highest BCUT2D eigenvalue weighted by atomic mass is 16.7. The van der Waals surface area contributed by atoms with E-state index in [0.717, 1.165) is 36.3 Å². The maximum absolute atomic E-state index is 11.3. The van der Waals surface area contributed by atoms with Crippen molar-refractivity contribution in [2.75, 3.05) is 20.0 Å². The monoisotopic (exact) mass is 306 g/mol. The van der Waals surface area contributed by atoms with Crippen LogP contribution in [0.25, 0.3) is 6.08 Å². The van der Waals surface area contributed by atoms with Gasteiger partial charge in [-0.25, -0.2) is 0 Å². The van der Waals surface area contributed by atoms with Crippen molar-refractivity contribution in [1.82, 2.24) is 0 Å². The van der Waals surface area contributed by atoms with Gasteiger partial charge < -0.3 is 19.3 Å². The number of fused-ring (bicyclic) bond motifs is 1. The average Bonchev–Trinajstić information content (AvgIpc) is 2.98. The van der Waals surface area contributed by atoms with Gasteiger partial charge in [0, 0.05) is 19.4 Å². The number of ether oxygens (including phenoxy) is 3. The van der Waals surface area contributed by atoms with E-state index < -0.39 is 0 Å². The lowest BCUT2D eigenvalue weighted by atomic mass is 10.1. The number of aliphatic hydroxyl groups excluding tert-OH is 1. The van der Waals surface area contributed by atoms with Crippen molar-refractivity contribution in [2.24, 2.45) is 0 Å². The lowest BCUT2D eigenvalue weighted by molar-refractivity contribution is -0.144. The zero-order chi connectivity index (χ0) is 15.6. The van der Waals surface area contributed by atoms with E-state index in [1.807, 2.05) is 24.3 Å². The first-order valence-corrected chi connectivity index (χ1v) is 7.62. The molecule has 0 atom stereocenters. The molecule has 1 N–H and O–H groups in total. The van der Waals surface area contributed by atoms with Crippen LogP contribution in [0.5, 0.6) is 11.5 Å². The Morgan fingerprint density at radius 1 is 1.23 bits per heavy atom. The number of rotatable bonds is 9. The maximum Gasteiger partial charge on any atom is 0.305 e. The van der Waals surface area contributed by atoms with Crippen LogP contribution < -0.4 is 9.47 Å². The van der Waals surface area contributed by atoms with Crippen molar-refractivity contribution in [1.29, 1.82) is 0 Å². The van der Waals surface area contributed by atoms with Crippen LogP contribution in [-0.2, 0) is 9.53 Å². The zero-order valence-electron chi connectivity index (χ0n) is 12.6. The van der Waals surface area contributed by atoms with E-state index in [2.05, 4.69) is 6.08 Å². The molecule has 1 aliphatic heterocycles. The van der Waals surface area contributed by atoms with Gasteiger partial charge in [0.1, 0.15) is 0 Å². The summed E-state index contributed by atoms with van der Waals surface area (Å²) in [5.74, 6) is 1.39. The number of esters is 1. The molecular formula is C17H22O5. The van der Waals surface area contributed by atoms with E-state index >= 15 is 0 Å². The molecule has 5 nitrogen and oxygen atoms in total. The molecule has 0 unspecified atom stereocenters. The molecule has 0 aromatic heterocycles. The molecule has 1 aliphatic rings. The molecule has 0 saturated heterocycles. The number of aliphatic hydroxyl groups is 1. The van der Waals surface area contributed by atoms with Crippen LogP contribution in [0.4, 0.5) is 0 Å². The van der Waals surface area contributed by atoms with Gasteiger partial charge in [-0.05, 0) is 37.0 Å². The van der Waals surface area contributed by atoms with Gasteiger partial charge in [0.15, 0.2) is 11.5 Å². The highest BCUT2D eigenvalue weighted by molar-refractivity contribution is 5.69. The Balaban J connectivity index is 1.59. The number of hydrogen-bond donors (Lipinski definition) is 1. The van der Waals surface area contributed by atoms with E-state index in [4.69, 9.17) is 19.3 Å². The molecule has 0 saturated carbocycles. The van der Waals surface area contributed by atoms with Crippen LogP contribution in [-0.4, -0.2) is 31.1 Å². The van der Waals surface area contributed by atoms with Crippen molar-refractivity contribution < 1.29 is 24.1 Å². The number of carbonyl (C=O) groups excluding carboxylic acids is 1. The molecule has 1 aromatic rings. The molecule has 1 aromatic carbocycles. The fourth-order valence-electron chi connectivity index (χ4n) is 2.09. The minimum Gasteiger partial charge on any atom is -0.466 e. The predicted octanol–water partition coefficient (Wildman–Crippen LogP) is 2.91. The zero-order valence-corrected chi connectivity index (χ0v) is 12.6. The van der Waals surface area contributed by atoms with E-state index in [0.29, 0.717) is 19.4 Å². The van der Waals surface area contributed by atoms with Gasteiger partial charge in [0.05, 0.1) is 6.61 Å². The minimum atomic E-state index is -0.187. The largest absolute Gasteiger partial charge is 0.466 e. The number of hydrogen-bond acceptors (Lipinski definition) is 5. The Morgan fingerprint density at radius 3 is 2.95 bits per heavy atom. The Kier molecular flexibility index (Phi) is 6.77. The summed E-state index contributed by atoms with van der Waals surface area (Å²) in [6.07, 6.45) is 7.74. The quantitative estimate of drug-likeness (QED) is 0.561. The lowest BCUT2D eigenvalue weighted by Crippen LogP contribution is -2.06. The van der Waals surface area contributed by atoms with Crippen molar-refractivity contribution in [3.8, 4) is 11.5 Å². The highest BCUT2D eigenvalue weighted by Gasteiger charge is 2.11. The summed E-state index contributed by atoms with van der Waals surface area (Å²) in [7, 11) is 0. The second-order valence-electron chi connectivity index (χ2n) is 5.06. The van der Waals surface area contributed by atoms with E-state index in [1.165, 1.54) is 0 Å². The summed E-state index contributed by atoms with van der Waals surface area (Å²) in [5.41, 5.74) is 1.08. The molecule has 5 heteroatoms. The summed E-state index contributed by atoms with van der Waals surface area (Å²) >= 11 is 0. The molecule has 1 heterocycles. The third-order valence-electron chi connectivity index (χ3n) is 3.27. The van der Waals surface area contributed by atoms with Crippen LogP contribution in [0.3, 0.4) is 0 Å². The van der Waals surface area contributed by atoms with Gasteiger partial charge in [0.25, 0.3) is 0 Å². The maximum atomic E-state index is 11.3. The molecule has 0 bridgehead atoms. The minimum absolute atomic E-state index is 0.0535. The van der Waals surface area contributed by atoms with Crippen LogP contribution in [0, 0.1) is 0 Å². The summed E-state index contributed by atoms with van der Waals surface area (Å²) in [5, 5.41) is 8.58. The third-order valence-corrected chi connectivity index (χ3v) is 3.27. The Labute approximate surface area is 130 Å². The fourth-order valence-corrected chi connectivity index (χ4v) is 2.09. The van der Waals surface area contributed by atoms with Gasteiger partial charge in [-0.3, -0.25) is 4.79 Å². The summed E-state index contributed by atoms with van der Waals surface area (Å²) < 4.78 is 15.6. The Hall–Kier alpha value is -2.01. The Bertz CT molecular complexity index is 510. The number of carbonyl (C=O) groups is 1. The summed E-state index contributed by atoms with van der Waals surface area (Å²) in [4.78, 5) is 11.3. The molecule has 0 radical (unpaired) electrons. The highest BCUT2D eigenvalue weighted by Crippen LogP contribution is 2.32. The first-order valence-electron chi connectivity index (χ1n) is 7.62. The number of unbranched alkanes of at least 4 members (excludes halogenated alkanes) is 2. The topological polar surface area (TPSA) is 65.0 Å². The molecule has 120 valence electrons. The first kappa shape index (κ1) is 16.4. The van der Waals surface area contributed by atoms with Gasteiger partial charge in [-0.2, -0.15) is 0 Å².